The number of carbonyl (C=O) groups excluding carboxylic acids is 4. The summed E-state index contributed by atoms with van der Waals surface area (Å²) in [5, 5.41) is 9.34. The second-order valence-corrected chi connectivity index (χ2v) is 28.2. The SMILES string of the molecule is C=C(C)C(=O)OC1(CC)CCCC1.C=C(C)C(=O)OC1C2CC3C(=O)OC1C3C2.C=Cc1ccc(C(C)(O)C(F)(F)F)cc1.C=Cc1ccc(OC(C)=O)cc1.C=Cc1ccc(OS(=O)(=O)CC(F)(F)CS(=O)(=O)O)cc1.c1ccc([S+](c2ccccc2)c2ccccc2)cc1. The third kappa shape index (κ3) is 23.7. The molecule has 6 aromatic carbocycles. The normalized spacial score (nSPS) is 18.4. The van der Waals surface area contributed by atoms with Crippen molar-refractivity contribution in [3.05, 3.63) is 230 Å². The Morgan fingerprint density at radius 2 is 1.07 bits per heavy atom. The molecule has 6 atom stereocenters. The molecule has 514 valence electrons. The van der Waals surface area contributed by atoms with Gasteiger partial charge in [0.15, 0.2) is 26.0 Å². The van der Waals surface area contributed by atoms with Crippen LogP contribution in [0.1, 0.15) is 102 Å². The van der Waals surface area contributed by atoms with Crippen LogP contribution in [0.3, 0.4) is 0 Å². The van der Waals surface area contributed by atoms with Crippen LogP contribution < -0.4 is 8.92 Å². The van der Waals surface area contributed by atoms with Crippen molar-refractivity contribution in [2.75, 3.05) is 11.5 Å². The second-order valence-electron chi connectivity index (χ2n) is 23.1. The van der Waals surface area contributed by atoms with Gasteiger partial charge >= 0.3 is 40.2 Å². The van der Waals surface area contributed by atoms with Crippen LogP contribution in [0.5, 0.6) is 11.5 Å². The van der Waals surface area contributed by atoms with Gasteiger partial charge in [0.2, 0.25) is 0 Å². The lowest BCUT2D eigenvalue weighted by Crippen LogP contribution is -2.39. The van der Waals surface area contributed by atoms with Crippen LogP contribution in [0.15, 0.2) is 223 Å². The number of fused-ring (bicyclic) bond motifs is 1. The molecule has 1 saturated heterocycles. The fraction of sp³-hybridized carbons (Fsp3) is 0.315. The van der Waals surface area contributed by atoms with Crippen molar-refractivity contribution in [2.24, 2.45) is 17.8 Å². The van der Waals surface area contributed by atoms with E-state index in [-0.39, 0.29) is 75.7 Å². The van der Waals surface area contributed by atoms with E-state index in [0.717, 1.165) is 44.6 Å². The predicted octanol–water partition coefficient (Wildman–Crippen LogP) is 15.6. The lowest BCUT2D eigenvalue weighted by atomic mass is 9.88. The second kappa shape index (κ2) is 35.0. The summed E-state index contributed by atoms with van der Waals surface area (Å²) in [6.45, 7) is 25.2. The molecule has 1 aliphatic heterocycles. The summed E-state index contributed by atoms with van der Waals surface area (Å²) >= 11 is 0. The van der Waals surface area contributed by atoms with E-state index in [2.05, 4.69) is 135 Å². The van der Waals surface area contributed by atoms with Gasteiger partial charge in [0.05, 0.1) is 16.8 Å². The van der Waals surface area contributed by atoms with Crippen molar-refractivity contribution in [2.45, 2.75) is 130 Å². The van der Waals surface area contributed by atoms with E-state index in [1.165, 1.54) is 95.1 Å². The van der Waals surface area contributed by atoms with Crippen LogP contribution in [0, 0.1) is 17.8 Å². The summed E-state index contributed by atoms with van der Waals surface area (Å²) in [6.07, 6.45) is 6.70. The highest BCUT2D eigenvalue weighted by molar-refractivity contribution is 7.97. The molecule has 0 spiro atoms. The molecule has 6 aromatic rings. The van der Waals surface area contributed by atoms with E-state index in [1.807, 2.05) is 12.1 Å². The standard InChI is InChI=1S/C18H15S.C12H14O4.C11H11F3O.C11H12F2O6S2.C11H18O2.C10H10O2/c1-4-10-16(11-5-1)19(17-12-6-2-7-13-17)18-14-8-3-9-15-18;1-5(2)11(13)15-9-6-3-7-8(4-6)12(14)16-10(7)9;1-3-8-4-6-9(7-5-8)10(2,15)11(12,13)14;1-2-9-3-5-10(6-4-9)19-21(17,18)8-11(12,13)7-20(14,15)16;1-4-11(7-5-6-8-11)13-10(12)9(2)3;1-3-9-4-6-10(7-5-9)12-8(2)11/h1-15H;6-10H,1,3-4H2,2H3;3-7,15H,1H2,2H3;2-6H,1,7-8H2,(H,14,15,16);2,4-8H2,1,3H3;3-7H,1H2,2H3/q+1;;;;;. The van der Waals surface area contributed by atoms with E-state index >= 15 is 0 Å². The topological polar surface area (TPSA) is 223 Å². The first-order valence-electron chi connectivity index (χ1n) is 30.3. The Balaban J connectivity index is 0.000000210. The summed E-state index contributed by atoms with van der Waals surface area (Å²) in [4.78, 5) is 48.9. The molecule has 96 heavy (non-hydrogen) atoms. The van der Waals surface area contributed by atoms with Crippen LogP contribution in [0.4, 0.5) is 22.0 Å². The monoisotopic (exact) mass is 1390 g/mol. The molecular weight excluding hydrogens is 1310 g/mol. The largest absolute Gasteiger partial charge is 0.458 e. The molecule has 4 fully saturated rings. The summed E-state index contributed by atoms with van der Waals surface area (Å²) in [5.41, 5.74) is 0.103. The third-order valence-corrected chi connectivity index (χ3v) is 19.8. The first-order valence-corrected chi connectivity index (χ1v) is 34.7. The molecule has 3 aliphatic carbocycles. The van der Waals surface area contributed by atoms with Gasteiger partial charge in [0, 0.05) is 29.9 Å². The molecule has 23 heteroatoms. The third-order valence-electron chi connectivity index (χ3n) is 15.5. The molecular formula is C73H80F5O15S3+. The van der Waals surface area contributed by atoms with Crippen molar-refractivity contribution < 1.29 is 90.8 Å². The Hall–Kier alpha value is -8.48. The minimum Gasteiger partial charge on any atom is -0.458 e. The number of halogens is 5. The van der Waals surface area contributed by atoms with Gasteiger partial charge in [-0.25, -0.2) is 18.4 Å². The van der Waals surface area contributed by atoms with Gasteiger partial charge in [-0.05, 0) is 149 Å². The summed E-state index contributed by atoms with van der Waals surface area (Å²) in [5.74, 6) is -8.07. The Kier molecular flexibility index (Phi) is 28.5. The Morgan fingerprint density at radius 3 is 1.46 bits per heavy atom. The number of esters is 4. The highest BCUT2D eigenvalue weighted by atomic mass is 32.2. The lowest BCUT2D eigenvalue weighted by Gasteiger charge is -2.27. The van der Waals surface area contributed by atoms with E-state index in [9.17, 15) is 63.1 Å². The van der Waals surface area contributed by atoms with Crippen molar-refractivity contribution >= 4 is 73.2 Å². The zero-order chi connectivity index (χ0) is 71.2. The van der Waals surface area contributed by atoms with Gasteiger partial charge in [-0.2, -0.15) is 30.0 Å². The number of aliphatic hydroxyl groups is 1. The maximum absolute atomic E-state index is 13.2. The van der Waals surface area contributed by atoms with Gasteiger partial charge in [-0.3, -0.25) is 14.1 Å². The van der Waals surface area contributed by atoms with Gasteiger partial charge in [0.1, 0.15) is 35.1 Å². The van der Waals surface area contributed by atoms with Crippen LogP contribution in [0.2, 0.25) is 0 Å². The molecule has 0 radical (unpaired) electrons. The van der Waals surface area contributed by atoms with Crippen LogP contribution in [-0.2, 0) is 70.1 Å². The zero-order valence-electron chi connectivity index (χ0n) is 53.9. The highest BCUT2D eigenvalue weighted by Crippen LogP contribution is 2.55. The van der Waals surface area contributed by atoms with Gasteiger partial charge in [0.25, 0.3) is 16.0 Å². The van der Waals surface area contributed by atoms with Crippen LogP contribution in [0.25, 0.3) is 18.2 Å². The molecule has 15 nitrogen and oxygen atoms in total. The van der Waals surface area contributed by atoms with Crippen LogP contribution >= 0.6 is 0 Å². The number of hydrogen-bond donors (Lipinski definition) is 2. The van der Waals surface area contributed by atoms with E-state index in [0.29, 0.717) is 33.9 Å². The first-order chi connectivity index (χ1) is 45.1. The maximum atomic E-state index is 13.2. The first kappa shape index (κ1) is 78.2. The molecule has 10 rings (SSSR count). The minimum absolute atomic E-state index is 0.0146. The van der Waals surface area contributed by atoms with Crippen molar-refractivity contribution in [3.8, 4) is 11.5 Å². The molecule has 0 amide bonds. The smallest absolute Gasteiger partial charge is 0.421 e. The molecule has 4 aliphatic rings. The average molecular weight is 1390 g/mol. The van der Waals surface area contributed by atoms with Gasteiger partial charge in [-0.15, -0.1) is 0 Å². The minimum atomic E-state index is -5.02. The average Bonchev–Trinajstić information content (AvgIpc) is 1.58. The molecule has 2 N–H and O–H groups in total. The zero-order valence-corrected chi connectivity index (χ0v) is 56.4. The van der Waals surface area contributed by atoms with E-state index in [4.69, 9.17) is 23.5 Å². The maximum Gasteiger partial charge on any atom is 0.421 e. The fourth-order valence-electron chi connectivity index (χ4n) is 10.5. The lowest BCUT2D eigenvalue weighted by molar-refractivity contribution is -0.258. The number of hydrogen-bond acceptors (Lipinski definition) is 14. The van der Waals surface area contributed by atoms with Crippen LogP contribution in [-0.4, -0.2) is 91.8 Å². The molecule has 6 unspecified atom stereocenters. The number of carbonyl (C=O) groups is 4. The van der Waals surface area contributed by atoms with Crippen molar-refractivity contribution in [1.82, 2.24) is 0 Å². The number of benzene rings is 6. The molecule has 2 bridgehead atoms. The summed E-state index contributed by atoms with van der Waals surface area (Å²) in [6, 6.07) is 50.1. The van der Waals surface area contributed by atoms with E-state index in [1.54, 1.807) is 32.1 Å². The van der Waals surface area contributed by atoms with Crippen molar-refractivity contribution in [3.63, 3.8) is 0 Å². The highest BCUT2D eigenvalue weighted by Gasteiger charge is 2.63. The van der Waals surface area contributed by atoms with Gasteiger partial charge in [-0.1, -0.05) is 161 Å². The Labute approximate surface area is 561 Å². The van der Waals surface area contributed by atoms with Crippen molar-refractivity contribution in [1.29, 1.82) is 0 Å². The summed E-state index contributed by atoms with van der Waals surface area (Å²) in [7, 11) is -9.77. The molecule has 0 aromatic heterocycles. The quantitative estimate of drug-likeness (QED) is 0.0112. The number of rotatable bonds is 19. The fourth-order valence-corrected chi connectivity index (χ4v) is 14.5. The Morgan fingerprint density at radius 1 is 0.646 bits per heavy atom. The summed E-state index contributed by atoms with van der Waals surface area (Å²) < 4.78 is 141. The molecule has 3 saturated carbocycles. The molecule has 1 heterocycles. The predicted molar refractivity (Wildman–Crippen MR) is 360 cm³/mol. The Bertz CT molecular complexity index is 3750. The number of ether oxygens (including phenoxy) is 4. The van der Waals surface area contributed by atoms with Gasteiger partial charge < -0.3 is 28.2 Å². The number of alkyl halides is 5. The van der Waals surface area contributed by atoms with E-state index < -0.39 is 49.4 Å².